The van der Waals surface area contributed by atoms with E-state index in [-0.39, 0.29) is 5.91 Å². The molecule has 0 atom stereocenters. The minimum atomic E-state index is -0.000534. The van der Waals surface area contributed by atoms with Crippen molar-refractivity contribution in [1.82, 2.24) is 5.32 Å². The zero-order valence-corrected chi connectivity index (χ0v) is 14.0. The summed E-state index contributed by atoms with van der Waals surface area (Å²) in [5.74, 6) is 1.48. The van der Waals surface area contributed by atoms with E-state index < -0.39 is 0 Å². The Morgan fingerprint density at radius 1 is 1.23 bits per heavy atom. The fraction of sp³-hybridized carbons (Fsp3) is 0.353. The normalized spacial score (nSPS) is 10.3. The van der Waals surface area contributed by atoms with Gasteiger partial charge in [-0.05, 0) is 30.9 Å². The number of ether oxygens (including phenoxy) is 2. The van der Waals surface area contributed by atoms with Gasteiger partial charge in [0.2, 0.25) is 5.91 Å². The van der Waals surface area contributed by atoms with E-state index in [0.717, 1.165) is 23.3 Å². The Hall–Kier alpha value is -2.01. The van der Waals surface area contributed by atoms with E-state index in [2.05, 4.69) is 11.4 Å². The average Bonchev–Trinajstić information content (AvgIpc) is 3.01. The molecule has 5 heteroatoms. The summed E-state index contributed by atoms with van der Waals surface area (Å²) in [7, 11) is 3.23. The van der Waals surface area contributed by atoms with E-state index in [9.17, 15) is 4.79 Å². The first-order valence-corrected chi connectivity index (χ1v) is 8.03. The van der Waals surface area contributed by atoms with Gasteiger partial charge in [-0.3, -0.25) is 4.79 Å². The molecule has 1 aromatic heterocycles. The van der Waals surface area contributed by atoms with Gasteiger partial charge >= 0.3 is 0 Å². The lowest BCUT2D eigenvalue weighted by atomic mass is 10.1. The molecule has 2 rings (SSSR count). The third-order valence-electron chi connectivity index (χ3n) is 3.49. The van der Waals surface area contributed by atoms with Crippen LogP contribution in [0.4, 0.5) is 0 Å². The minimum absolute atomic E-state index is 0.000534. The highest BCUT2D eigenvalue weighted by molar-refractivity contribution is 7.09. The number of rotatable bonds is 7. The van der Waals surface area contributed by atoms with Gasteiger partial charge in [0, 0.05) is 22.5 Å². The van der Waals surface area contributed by atoms with E-state index in [1.807, 2.05) is 30.5 Å². The van der Waals surface area contributed by atoms with Crippen LogP contribution in [0.2, 0.25) is 0 Å². The van der Waals surface area contributed by atoms with Gasteiger partial charge in [-0.1, -0.05) is 12.1 Å². The highest BCUT2D eigenvalue weighted by atomic mass is 32.1. The van der Waals surface area contributed by atoms with Crippen molar-refractivity contribution in [2.75, 3.05) is 20.8 Å². The van der Waals surface area contributed by atoms with Crippen LogP contribution in [0.3, 0.4) is 0 Å². The molecule has 1 amide bonds. The molecule has 4 nitrogen and oxygen atoms in total. The molecule has 0 fully saturated rings. The standard InChI is InChI=1S/C17H21NO3S/c1-12-15(20-2)7-6-13(17(12)21-3)11-16(19)18-9-8-14-5-4-10-22-14/h4-7,10H,8-9,11H2,1-3H3,(H,18,19). The number of hydrogen-bond acceptors (Lipinski definition) is 4. The van der Waals surface area contributed by atoms with E-state index in [0.29, 0.717) is 18.7 Å². The highest BCUT2D eigenvalue weighted by Crippen LogP contribution is 2.31. The van der Waals surface area contributed by atoms with Crippen LogP contribution in [0.1, 0.15) is 16.0 Å². The lowest BCUT2D eigenvalue weighted by Gasteiger charge is -2.14. The Balaban J connectivity index is 1.94. The van der Waals surface area contributed by atoms with Crippen molar-refractivity contribution in [1.29, 1.82) is 0 Å². The van der Waals surface area contributed by atoms with E-state index in [1.54, 1.807) is 25.6 Å². The number of thiophene rings is 1. The van der Waals surface area contributed by atoms with Crippen LogP contribution in [0.25, 0.3) is 0 Å². The number of carbonyl (C=O) groups excluding carboxylic acids is 1. The number of nitrogens with one attached hydrogen (secondary N) is 1. The third kappa shape index (κ3) is 4.01. The summed E-state index contributed by atoms with van der Waals surface area (Å²) < 4.78 is 10.7. The Morgan fingerprint density at radius 3 is 2.68 bits per heavy atom. The van der Waals surface area contributed by atoms with Gasteiger partial charge in [0.1, 0.15) is 11.5 Å². The van der Waals surface area contributed by atoms with Crippen LogP contribution in [0, 0.1) is 6.92 Å². The van der Waals surface area contributed by atoms with Crippen LogP contribution < -0.4 is 14.8 Å². The molecule has 0 bridgehead atoms. The maximum Gasteiger partial charge on any atom is 0.224 e. The van der Waals surface area contributed by atoms with E-state index >= 15 is 0 Å². The first-order chi connectivity index (χ1) is 10.7. The minimum Gasteiger partial charge on any atom is -0.496 e. The predicted octanol–water partition coefficient (Wildman–Crippen LogP) is 2.98. The maximum atomic E-state index is 12.1. The molecule has 1 heterocycles. The molecule has 0 saturated heterocycles. The van der Waals surface area contributed by atoms with Crippen molar-refractivity contribution in [3.05, 3.63) is 45.6 Å². The quantitative estimate of drug-likeness (QED) is 0.853. The number of hydrogen-bond donors (Lipinski definition) is 1. The average molecular weight is 319 g/mol. The Bertz CT molecular complexity index is 623. The molecule has 1 aromatic carbocycles. The number of amides is 1. The fourth-order valence-corrected chi connectivity index (χ4v) is 3.10. The third-order valence-corrected chi connectivity index (χ3v) is 4.42. The monoisotopic (exact) mass is 319 g/mol. The van der Waals surface area contributed by atoms with Crippen molar-refractivity contribution in [2.45, 2.75) is 19.8 Å². The smallest absolute Gasteiger partial charge is 0.224 e. The van der Waals surface area contributed by atoms with Gasteiger partial charge in [-0.2, -0.15) is 0 Å². The number of carbonyl (C=O) groups is 1. The topological polar surface area (TPSA) is 47.6 Å². The SMILES string of the molecule is COc1ccc(CC(=O)NCCc2cccs2)c(OC)c1C. The molecule has 118 valence electrons. The summed E-state index contributed by atoms with van der Waals surface area (Å²) >= 11 is 1.71. The fourth-order valence-electron chi connectivity index (χ4n) is 2.39. The van der Waals surface area contributed by atoms with Crippen molar-refractivity contribution >= 4 is 17.2 Å². The van der Waals surface area contributed by atoms with Crippen molar-refractivity contribution in [3.8, 4) is 11.5 Å². The molecule has 1 N–H and O–H groups in total. The first-order valence-electron chi connectivity index (χ1n) is 7.15. The second-order valence-corrected chi connectivity index (χ2v) is 5.97. The summed E-state index contributed by atoms with van der Waals surface area (Å²) in [5.41, 5.74) is 1.78. The summed E-state index contributed by atoms with van der Waals surface area (Å²) in [6.07, 6.45) is 1.17. The lowest BCUT2D eigenvalue weighted by molar-refractivity contribution is -0.120. The van der Waals surface area contributed by atoms with Gasteiger partial charge in [0.25, 0.3) is 0 Å². The largest absolute Gasteiger partial charge is 0.496 e. The summed E-state index contributed by atoms with van der Waals surface area (Å²) in [5, 5.41) is 4.99. The molecule has 22 heavy (non-hydrogen) atoms. The first kappa shape index (κ1) is 16.4. The molecule has 0 aliphatic heterocycles. The summed E-state index contributed by atoms with van der Waals surface area (Å²) in [4.78, 5) is 13.4. The van der Waals surface area contributed by atoms with Gasteiger partial charge in [0.15, 0.2) is 0 Å². The van der Waals surface area contributed by atoms with Crippen LogP contribution >= 0.6 is 11.3 Å². The Morgan fingerprint density at radius 2 is 2.05 bits per heavy atom. The zero-order valence-electron chi connectivity index (χ0n) is 13.1. The molecule has 0 aliphatic carbocycles. The Labute approximate surface area is 135 Å². The molecule has 2 aromatic rings. The second kappa shape index (κ2) is 7.84. The maximum absolute atomic E-state index is 12.1. The van der Waals surface area contributed by atoms with Gasteiger partial charge < -0.3 is 14.8 Å². The molecule has 0 unspecified atom stereocenters. The molecular formula is C17H21NO3S. The lowest BCUT2D eigenvalue weighted by Crippen LogP contribution is -2.27. The van der Waals surface area contributed by atoms with Gasteiger partial charge in [-0.25, -0.2) is 0 Å². The zero-order chi connectivity index (χ0) is 15.9. The van der Waals surface area contributed by atoms with Crippen LogP contribution in [-0.4, -0.2) is 26.7 Å². The second-order valence-electron chi connectivity index (χ2n) is 4.94. The highest BCUT2D eigenvalue weighted by Gasteiger charge is 2.14. The number of methoxy groups -OCH3 is 2. The van der Waals surface area contributed by atoms with Crippen LogP contribution in [0.5, 0.6) is 11.5 Å². The summed E-state index contributed by atoms with van der Waals surface area (Å²) in [6.45, 7) is 2.58. The molecule has 0 saturated carbocycles. The van der Waals surface area contributed by atoms with Gasteiger partial charge in [0.05, 0.1) is 20.6 Å². The number of benzene rings is 1. The van der Waals surface area contributed by atoms with Crippen molar-refractivity contribution in [3.63, 3.8) is 0 Å². The van der Waals surface area contributed by atoms with Crippen LogP contribution in [0.15, 0.2) is 29.6 Å². The van der Waals surface area contributed by atoms with Crippen molar-refractivity contribution < 1.29 is 14.3 Å². The van der Waals surface area contributed by atoms with Gasteiger partial charge in [-0.15, -0.1) is 11.3 Å². The van der Waals surface area contributed by atoms with E-state index in [1.165, 1.54) is 4.88 Å². The molecule has 0 spiro atoms. The molecular weight excluding hydrogens is 298 g/mol. The molecule has 0 aliphatic rings. The van der Waals surface area contributed by atoms with Crippen molar-refractivity contribution in [2.24, 2.45) is 0 Å². The predicted molar refractivity (Wildman–Crippen MR) is 89.0 cm³/mol. The summed E-state index contributed by atoms with van der Waals surface area (Å²) in [6, 6.07) is 7.84. The van der Waals surface area contributed by atoms with Crippen LogP contribution in [-0.2, 0) is 17.6 Å². The molecule has 0 radical (unpaired) electrons. The Kier molecular flexibility index (Phi) is 5.83. The van der Waals surface area contributed by atoms with E-state index in [4.69, 9.17) is 9.47 Å².